The van der Waals surface area contributed by atoms with Crippen LogP contribution in [-0.4, -0.2) is 15.7 Å². The average Bonchev–Trinajstić information content (AvgIpc) is 3.16. The van der Waals surface area contributed by atoms with Crippen molar-refractivity contribution >= 4 is 29.2 Å². The lowest BCUT2D eigenvalue weighted by Crippen LogP contribution is -2.12. The van der Waals surface area contributed by atoms with E-state index in [4.69, 9.17) is 33.0 Å². The van der Waals surface area contributed by atoms with Gasteiger partial charge in [-0.3, -0.25) is 0 Å². The van der Waals surface area contributed by atoms with Crippen LogP contribution < -0.4 is 4.74 Å². The molecule has 0 amide bonds. The maximum absolute atomic E-state index is 12.8. The van der Waals surface area contributed by atoms with Crippen LogP contribution in [0.15, 0.2) is 72.8 Å². The number of nitrogens with zero attached hydrogens (tertiary/aromatic N) is 2. The van der Waals surface area contributed by atoms with E-state index in [1.54, 1.807) is 22.9 Å². The molecule has 0 bridgehead atoms. The monoisotopic (exact) mass is 436 g/mol. The predicted octanol–water partition coefficient (Wildman–Crippen LogP) is 6.68. The fourth-order valence-corrected chi connectivity index (χ4v) is 3.40. The molecule has 0 spiro atoms. The van der Waals surface area contributed by atoms with Crippen molar-refractivity contribution in [2.75, 3.05) is 0 Å². The van der Waals surface area contributed by atoms with Gasteiger partial charge in [0.25, 0.3) is 0 Å². The molecule has 4 nitrogen and oxygen atoms in total. The molecule has 6 heteroatoms. The van der Waals surface area contributed by atoms with E-state index in [0.717, 1.165) is 22.4 Å². The Kier molecular flexibility index (Phi) is 5.62. The van der Waals surface area contributed by atoms with E-state index >= 15 is 0 Å². The molecule has 1 heterocycles. The molecule has 3 aromatic carbocycles. The van der Waals surface area contributed by atoms with Crippen molar-refractivity contribution in [3.8, 4) is 22.8 Å². The van der Waals surface area contributed by atoms with Gasteiger partial charge in [-0.25, -0.2) is 4.79 Å². The zero-order valence-corrected chi connectivity index (χ0v) is 17.9. The van der Waals surface area contributed by atoms with Crippen LogP contribution >= 0.6 is 23.2 Å². The molecule has 4 rings (SSSR count). The molecule has 0 aliphatic carbocycles. The van der Waals surface area contributed by atoms with Crippen LogP contribution in [0.2, 0.25) is 10.0 Å². The average molecular weight is 437 g/mol. The zero-order chi connectivity index (χ0) is 21.3. The Bertz CT molecular complexity index is 1230. The van der Waals surface area contributed by atoms with Crippen LogP contribution in [0, 0.1) is 13.8 Å². The maximum Gasteiger partial charge on any atom is 0.344 e. The number of halogens is 2. The summed E-state index contributed by atoms with van der Waals surface area (Å²) in [5.41, 5.74) is 4.94. The summed E-state index contributed by atoms with van der Waals surface area (Å²) < 4.78 is 7.39. The third-order valence-electron chi connectivity index (χ3n) is 4.90. The second-order valence-electron chi connectivity index (χ2n) is 6.88. The van der Waals surface area contributed by atoms with Crippen molar-refractivity contribution in [1.82, 2.24) is 9.78 Å². The van der Waals surface area contributed by atoms with Crippen LogP contribution in [0.3, 0.4) is 0 Å². The summed E-state index contributed by atoms with van der Waals surface area (Å²) in [6.07, 6.45) is 0. The minimum absolute atomic E-state index is 0.291. The highest BCUT2D eigenvalue weighted by molar-refractivity contribution is 6.42. The smallest absolute Gasteiger partial charge is 0.344 e. The van der Waals surface area contributed by atoms with Crippen molar-refractivity contribution in [2.24, 2.45) is 0 Å². The van der Waals surface area contributed by atoms with Crippen LogP contribution in [-0.2, 0) is 0 Å². The van der Waals surface area contributed by atoms with Crippen molar-refractivity contribution in [3.63, 3.8) is 0 Å². The highest BCUT2D eigenvalue weighted by atomic mass is 35.5. The molecular weight excluding hydrogens is 419 g/mol. The van der Waals surface area contributed by atoms with Crippen molar-refractivity contribution < 1.29 is 9.53 Å². The number of rotatable bonds is 4. The van der Waals surface area contributed by atoms with E-state index in [9.17, 15) is 4.79 Å². The Morgan fingerprint density at radius 1 is 0.900 bits per heavy atom. The molecule has 30 heavy (non-hydrogen) atoms. The number of aromatic nitrogens is 2. The van der Waals surface area contributed by atoms with Crippen LogP contribution in [0.25, 0.3) is 16.9 Å². The number of ether oxygens (including phenoxy) is 1. The summed E-state index contributed by atoms with van der Waals surface area (Å²) in [6, 6.07) is 22.0. The van der Waals surface area contributed by atoms with Gasteiger partial charge in [0, 0.05) is 11.6 Å². The number of carbonyl (C=O) groups excluding carboxylic acids is 1. The number of benzene rings is 3. The lowest BCUT2D eigenvalue weighted by atomic mass is 10.1. The van der Waals surface area contributed by atoms with Gasteiger partial charge in [0.2, 0.25) is 5.88 Å². The van der Waals surface area contributed by atoms with Crippen LogP contribution in [0.5, 0.6) is 5.88 Å². The normalized spacial score (nSPS) is 10.8. The Labute approximate surface area is 184 Å². The first-order valence-corrected chi connectivity index (χ1v) is 10.1. The lowest BCUT2D eigenvalue weighted by Gasteiger charge is -2.12. The number of aryl methyl sites for hydroxylation is 1. The second-order valence-corrected chi connectivity index (χ2v) is 7.70. The third-order valence-corrected chi connectivity index (χ3v) is 5.64. The highest BCUT2D eigenvalue weighted by Gasteiger charge is 2.19. The molecule has 0 unspecified atom stereocenters. The van der Waals surface area contributed by atoms with E-state index in [1.807, 2.05) is 62.4 Å². The summed E-state index contributed by atoms with van der Waals surface area (Å²) in [4.78, 5) is 12.8. The topological polar surface area (TPSA) is 44.1 Å². The van der Waals surface area contributed by atoms with Crippen molar-refractivity contribution in [3.05, 3.63) is 99.5 Å². The summed E-state index contributed by atoms with van der Waals surface area (Å²) in [6.45, 7) is 4.04. The minimum Gasteiger partial charge on any atom is -0.404 e. The largest absolute Gasteiger partial charge is 0.404 e. The van der Waals surface area contributed by atoms with E-state index in [1.165, 1.54) is 6.07 Å². The molecular formula is C24H18Cl2N2O2. The lowest BCUT2D eigenvalue weighted by molar-refractivity contribution is 0.0723. The first-order valence-electron chi connectivity index (χ1n) is 9.33. The Hall–Kier alpha value is -3.08. The van der Waals surface area contributed by atoms with Gasteiger partial charge < -0.3 is 4.74 Å². The van der Waals surface area contributed by atoms with E-state index in [-0.39, 0.29) is 0 Å². The predicted molar refractivity (Wildman–Crippen MR) is 120 cm³/mol. The van der Waals surface area contributed by atoms with Gasteiger partial charge in [-0.05, 0) is 49.2 Å². The van der Waals surface area contributed by atoms with Gasteiger partial charge in [-0.1, -0.05) is 65.7 Å². The number of esters is 1. The molecule has 0 saturated heterocycles. The van der Waals surface area contributed by atoms with Gasteiger partial charge >= 0.3 is 5.97 Å². The number of carbonyl (C=O) groups is 1. The standard InChI is InChI=1S/C24H18Cl2N2O2/c1-15-7-6-10-22(16(15)2)28-23(14-21(27-28)17-8-4-3-5-9-17)30-24(29)18-11-12-19(25)20(26)13-18/h3-14H,1-2H3. The summed E-state index contributed by atoms with van der Waals surface area (Å²) in [7, 11) is 0. The molecule has 0 aliphatic rings. The number of hydrogen-bond acceptors (Lipinski definition) is 3. The van der Waals surface area contributed by atoms with Crippen LogP contribution in [0.4, 0.5) is 0 Å². The van der Waals surface area contributed by atoms with Gasteiger partial charge in [0.15, 0.2) is 0 Å². The summed E-state index contributed by atoms with van der Waals surface area (Å²) >= 11 is 12.0. The first-order chi connectivity index (χ1) is 14.4. The minimum atomic E-state index is -0.542. The molecule has 0 saturated carbocycles. The van der Waals surface area contributed by atoms with Gasteiger partial charge in [0.1, 0.15) is 0 Å². The Morgan fingerprint density at radius 3 is 2.40 bits per heavy atom. The summed E-state index contributed by atoms with van der Waals surface area (Å²) in [5, 5.41) is 5.39. The molecule has 0 radical (unpaired) electrons. The Balaban J connectivity index is 1.79. The third kappa shape index (κ3) is 3.97. The summed E-state index contributed by atoms with van der Waals surface area (Å²) in [5.74, 6) is -0.224. The number of hydrogen-bond donors (Lipinski definition) is 0. The molecule has 0 N–H and O–H groups in total. The van der Waals surface area contributed by atoms with Crippen LogP contribution in [0.1, 0.15) is 21.5 Å². The Morgan fingerprint density at radius 2 is 1.67 bits per heavy atom. The van der Waals surface area contributed by atoms with E-state index < -0.39 is 5.97 Å². The molecule has 0 atom stereocenters. The second kappa shape index (κ2) is 8.34. The fourth-order valence-electron chi connectivity index (χ4n) is 3.10. The van der Waals surface area contributed by atoms with E-state index in [2.05, 4.69) is 0 Å². The van der Waals surface area contributed by atoms with Gasteiger partial charge in [0.05, 0.1) is 27.0 Å². The SMILES string of the molecule is Cc1cccc(-n2nc(-c3ccccc3)cc2OC(=O)c2ccc(Cl)c(Cl)c2)c1C. The zero-order valence-electron chi connectivity index (χ0n) is 16.4. The maximum atomic E-state index is 12.8. The molecule has 4 aromatic rings. The molecule has 1 aromatic heterocycles. The first kappa shape index (κ1) is 20.2. The molecule has 0 aliphatic heterocycles. The van der Waals surface area contributed by atoms with Gasteiger partial charge in [-0.15, -0.1) is 0 Å². The van der Waals surface area contributed by atoms with Crippen molar-refractivity contribution in [2.45, 2.75) is 13.8 Å². The van der Waals surface area contributed by atoms with E-state index in [0.29, 0.717) is 27.2 Å². The highest BCUT2D eigenvalue weighted by Crippen LogP contribution is 2.30. The molecule has 0 fully saturated rings. The van der Waals surface area contributed by atoms with Gasteiger partial charge in [-0.2, -0.15) is 9.78 Å². The molecule has 150 valence electrons. The fraction of sp³-hybridized carbons (Fsp3) is 0.0833. The quantitative estimate of drug-likeness (QED) is 0.335. The van der Waals surface area contributed by atoms with Crippen molar-refractivity contribution in [1.29, 1.82) is 0 Å².